The van der Waals surface area contributed by atoms with E-state index in [1.807, 2.05) is 6.07 Å². The standard InChI is InChI=1S/C16H24N2O.ClH/c17-12-6-2-5-11-16(19)18-13-7-10-15(18)14-8-3-1-4-9-14;/h1,3-4,8-9,15H,2,5-7,10-13,17H2;1H. The first-order valence-corrected chi connectivity index (χ1v) is 7.37. The summed E-state index contributed by atoms with van der Waals surface area (Å²) in [6.45, 7) is 1.64. The van der Waals surface area contributed by atoms with Gasteiger partial charge in [-0.05, 0) is 37.8 Å². The van der Waals surface area contributed by atoms with Crippen LogP contribution in [0.2, 0.25) is 0 Å². The molecule has 1 atom stereocenters. The SMILES string of the molecule is Cl.NCCCCCC(=O)N1CCCC1c1ccccc1. The molecule has 1 aliphatic heterocycles. The van der Waals surface area contributed by atoms with Crippen LogP contribution in [-0.2, 0) is 4.79 Å². The molecule has 0 radical (unpaired) electrons. The van der Waals surface area contributed by atoms with Crippen molar-refractivity contribution in [3.8, 4) is 0 Å². The van der Waals surface area contributed by atoms with E-state index in [2.05, 4.69) is 29.2 Å². The van der Waals surface area contributed by atoms with Crippen molar-refractivity contribution in [3.63, 3.8) is 0 Å². The third-order valence-corrected chi connectivity index (χ3v) is 3.85. The maximum absolute atomic E-state index is 12.3. The highest BCUT2D eigenvalue weighted by Crippen LogP contribution is 2.32. The molecular weight excluding hydrogens is 272 g/mol. The number of unbranched alkanes of at least 4 members (excludes halogenated alkanes) is 2. The van der Waals surface area contributed by atoms with E-state index in [4.69, 9.17) is 5.73 Å². The second kappa shape index (κ2) is 8.98. The van der Waals surface area contributed by atoms with E-state index < -0.39 is 0 Å². The monoisotopic (exact) mass is 296 g/mol. The van der Waals surface area contributed by atoms with Crippen molar-refractivity contribution in [1.82, 2.24) is 4.90 Å². The number of hydrogen-bond acceptors (Lipinski definition) is 2. The maximum atomic E-state index is 12.3. The molecule has 0 saturated carbocycles. The van der Waals surface area contributed by atoms with E-state index in [1.54, 1.807) is 0 Å². The van der Waals surface area contributed by atoms with Crippen LogP contribution in [0.4, 0.5) is 0 Å². The summed E-state index contributed by atoms with van der Waals surface area (Å²) in [6.07, 6.45) is 5.94. The summed E-state index contributed by atoms with van der Waals surface area (Å²) in [5.74, 6) is 0.309. The highest BCUT2D eigenvalue weighted by atomic mass is 35.5. The number of amides is 1. The zero-order chi connectivity index (χ0) is 13.5. The molecule has 1 amide bonds. The third kappa shape index (κ3) is 4.50. The van der Waals surface area contributed by atoms with Crippen molar-refractivity contribution in [2.75, 3.05) is 13.1 Å². The molecule has 1 fully saturated rings. The molecule has 0 spiro atoms. The molecule has 1 aromatic carbocycles. The Morgan fingerprint density at radius 2 is 1.95 bits per heavy atom. The van der Waals surface area contributed by atoms with Gasteiger partial charge in [0.05, 0.1) is 6.04 Å². The summed E-state index contributed by atoms with van der Waals surface area (Å²) in [4.78, 5) is 14.4. The number of rotatable bonds is 6. The van der Waals surface area contributed by atoms with Gasteiger partial charge in [-0.25, -0.2) is 0 Å². The maximum Gasteiger partial charge on any atom is 0.223 e. The lowest BCUT2D eigenvalue weighted by Gasteiger charge is -2.25. The van der Waals surface area contributed by atoms with E-state index >= 15 is 0 Å². The van der Waals surface area contributed by atoms with Crippen LogP contribution in [0.1, 0.15) is 50.1 Å². The van der Waals surface area contributed by atoms with Gasteiger partial charge in [-0.3, -0.25) is 4.79 Å². The molecule has 1 saturated heterocycles. The van der Waals surface area contributed by atoms with Crippen molar-refractivity contribution in [3.05, 3.63) is 35.9 Å². The second-order valence-corrected chi connectivity index (χ2v) is 5.26. The Hall–Kier alpha value is -1.06. The van der Waals surface area contributed by atoms with Gasteiger partial charge in [-0.15, -0.1) is 12.4 Å². The lowest BCUT2D eigenvalue weighted by Crippen LogP contribution is -2.30. The number of nitrogens with two attached hydrogens (primary N) is 1. The number of hydrogen-bond donors (Lipinski definition) is 1. The minimum absolute atomic E-state index is 0. The Bertz CT molecular complexity index is 397. The minimum atomic E-state index is 0. The van der Waals surface area contributed by atoms with Crippen molar-refractivity contribution < 1.29 is 4.79 Å². The summed E-state index contributed by atoms with van der Waals surface area (Å²) in [7, 11) is 0. The highest BCUT2D eigenvalue weighted by Gasteiger charge is 2.29. The predicted octanol–water partition coefficient (Wildman–Crippen LogP) is 3.29. The third-order valence-electron chi connectivity index (χ3n) is 3.85. The van der Waals surface area contributed by atoms with Crippen molar-refractivity contribution in [2.24, 2.45) is 5.73 Å². The average molecular weight is 297 g/mol. The van der Waals surface area contributed by atoms with E-state index in [0.717, 1.165) is 45.2 Å². The number of likely N-dealkylation sites (tertiary alicyclic amines) is 1. The highest BCUT2D eigenvalue weighted by molar-refractivity contribution is 5.85. The van der Waals surface area contributed by atoms with Crippen LogP contribution in [0.25, 0.3) is 0 Å². The van der Waals surface area contributed by atoms with Crippen molar-refractivity contribution in [2.45, 2.75) is 44.6 Å². The second-order valence-electron chi connectivity index (χ2n) is 5.26. The molecule has 1 aromatic rings. The van der Waals surface area contributed by atoms with Crippen LogP contribution >= 0.6 is 12.4 Å². The molecule has 4 heteroatoms. The Morgan fingerprint density at radius 3 is 2.65 bits per heavy atom. The first kappa shape index (κ1) is 17.0. The molecule has 0 aliphatic carbocycles. The molecule has 2 rings (SSSR count). The molecule has 112 valence electrons. The van der Waals surface area contributed by atoms with Gasteiger partial charge in [0.1, 0.15) is 0 Å². The van der Waals surface area contributed by atoms with Crippen LogP contribution in [0.15, 0.2) is 30.3 Å². The van der Waals surface area contributed by atoms with E-state index in [1.165, 1.54) is 5.56 Å². The first-order valence-electron chi connectivity index (χ1n) is 7.37. The van der Waals surface area contributed by atoms with Gasteiger partial charge in [-0.2, -0.15) is 0 Å². The topological polar surface area (TPSA) is 46.3 Å². The summed E-state index contributed by atoms with van der Waals surface area (Å²) in [5.41, 5.74) is 6.74. The first-order chi connectivity index (χ1) is 9.33. The van der Waals surface area contributed by atoms with Crippen LogP contribution in [0.5, 0.6) is 0 Å². The van der Waals surface area contributed by atoms with Gasteiger partial charge in [-0.1, -0.05) is 36.8 Å². The molecule has 3 nitrogen and oxygen atoms in total. The fourth-order valence-corrected chi connectivity index (χ4v) is 2.83. The summed E-state index contributed by atoms with van der Waals surface area (Å²) >= 11 is 0. The molecule has 20 heavy (non-hydrogen) atoms. The van der Waals surface area contributed by atoms with Gasteiger partial charge in [0, 0.05) is 13.0 Å². The predicted molar refractivity (Wildman–Crippen MR) is 84.9 cm³/mol. The Balaban J connectivity index is 0.00000200. The van der Waals surface area contributed by atoms with Gasteiger partial charge < -0.3 is 10.6 Å². The van der Waals surface area contributed by atoms with Crippen LogP contribution < -0.4 is 5.73 Å². The summed E-state index contributed by atoms with van der Waals surface area (Å²) in [5, 5.41) is 0. The van der Waals surface area contributed by atoms with Crippen molar-refractivity contribution >= 4 is 18.3 Å². The molecule has 0 aromatic heterocycles. The Morgan fingerprint density at radius 1 is 1.20 bits per heavy atom. The number of carbonyl (C=O) groups excluding carboxylic acids is 1. The number of benzene rings is 1. The van der Waals surface area contributed by atoms with Crippen LogP contribution in [-0.4, -0.2) is 23.9 Å². The molecular formula is C16H25ClN2O. The number of halogens is 1. The largest absolute Gasteiger partial charge is 0.336 e. The van der Waals surface area contributed by atoms with Gasteiger partial charge in [0.25, 0.3) is 0 Å². The number of carbonyl (C=O) groups is 1. The van der Waals surface area contributed by atoms with Gasteiger partial charge in [0.2, 0.25) is 5.91 Å². The lowest BCUT2D eigenvalue weighted by atomic mass is 10.0. The quantitative estimate of drug-likeness (QED) is 0.819. The van der Waals surface area contributed by atoms with E-state index in [0.29, 0.717) is 18.4 Å². The van der Waals surface area contributed by atoms with Crippen molar-refractivity contribution in [1.29, 1.82) is 0 Å². The fraction of sp³-hybridized carbons (Fsp3) is 0.562. The van der Waals surface area contributed by atoms with Crippen LogP contribution in [0, 0.1) is 0 Å². The molecule has 2 N–H and O–H groups in total. The number of nitrogens with zero attached hydrogens (tertiary/aromatic N) is 1. The minimum Gasteiger partial charge on any atom is -0.336 e. The fourth-order valence-electron chi connectivity index (χ4n) is 2.83. The zero-order valence-electron chi connectivity index (χ0n) is 12.0. The van der Waals surface area contributed by atoms with Gasteiger partial charge >= 0.3 is 0 Å². The molecule has 1 aliphatic rings. The van der Waals surface area contributed by atoms with Crippen LogP contribution in [0.3, 0.4) is 0 Å². The molecule has 1 heterocycles. The smallest absolute Gasteiger partial charge is 0.223 e. The molecule has 1 unspecified atom stereocenters. The summed E-state index contributed by atoms with van der Waals surface area (Å²) < 4.78 is 0. The summed E-state index contributed by atoms with van der Waals surface area (Å²) in [6, 6.07) is 10.7. The van der Waals surface area contributed by atoms with E-state index in [9.17, 15) is 4.79 Å². The Kier molecular flexibility index (Phi) is 7.63. The normalized spacial score (nSPS) is 17.9. The lowest BCUT2D eigenvalue weighted by molar-refractivity contribution is -0.132. The zero-order valence-corrected chi connectivity index (χ0v) is 12.8. The molecule has 0 bridgehead atoms. The van der Waals surface area contributed by atoms with E-state index in [-0.39, 0.29) is 12.4 Å². The Labute approximate surface area is 127 Å². The van der Waals surface area contributed by atoms with Gasteiger partial charge in [0.15, 0.2) is 0 Å². The average Bonchev–Trinajstić information content (AvgIpc) is 2.94.